The fourth-order valence-corrected chi connectivity index (χ4v) is 2.53. The van der Waals surface area contributed by atoms with E-state index < -0.39 is 0 Å². The van der Waals surface area contributed by atoms with Crippen LogP contribution in [0.25, 0.3) is 0 Å². The molecule has 0 saturated heterocycles. The van der Waals surface area contributed by atoms with Crippen LogP contribution in [-0.4, -0.2) is 10.8 Å². The number of aromatic nitrogens is 1. The number of hydrogen-bond donors (Lipinski definition) is 0. The first-order valence-electron chi connectivity index (χ1n) is 5.11. The number of carbonyl (C=O) groups excluding carboxylic acids is 1. The van der Waals surface area contributed by atoms with E-state index in [0.29, 0.717) is 5.69 Å². The summed E-state index contributed by atoms with van der Waals surface area (Å²) in [5.74, 6) is 0.0324. The van der Waals surface area contributed by atoms with Crippen molar-refractivity contribution in [3.63, 3.8) is 0 Å². The van der Waals surface area contributed by atoms with Crippen molar-refractivity contribution in [1.82, 2.24) is 4.98 Å². The molecule has 0 saturated carbocycles. The number of pyridine rings is 1. The highest BCUT2D eigenvalue weighted by molar-refractivity contribution is 7.12. The molecule has 0 amide bonds. The van der Waals surface area contributed by atoms with Gasteiger partial charge in [-0.15, -0.1) is 11.3 Å². The maximum absolute atomic E-state index is 12.2. The standard InChI is InChI=1S/C13H13NOS/c1-8-6-10(3)11(14-7-8)12(15)13-9(2)4-5-16-13/h4-7H,1-3H3. The third kappa shape index (κ3) is 1.91. The molecule has 0 radical (unpaired) electrons. The predicted octanol–water partition coefficient (Wildman–Crippen LogP) is 3.30. The summed E-state index contributed by atoms with van der Waals surface area (Å²) >= 11 is 1.48. The van der Waals surface area contributed by atoms with Crippen molar-refractivity contribution < 1.29 is 4.79 Å². The number of hydrogen-bond acceptors (Lipinski definition) is 3. The van der Waals surface area contributed by atoms with Crippen LogP contribution < -0.4 is 0 Å². The van der Waals surface area contributed by atoms with E-state index in [1.54, 1.807) is 6.20 Å². The lowest BCUT2D eigenvalue weighted by atomic mass is 10.1. The molecule has 0 aliphatic rings. The molecule has 2 rings (SSSR count). The van der Waals surface area contributed by atoms with Crippen molar-refractivity contribution in [3.8, 4) is 0 Å². The topological polar surface area (TPSA) is 30.0 Å². The Labute approximate surface area is 99.0 Å². The lowest BCUT2D eigenvalue weighted by molar-refractivity contribution is 0.103. The van der Waals surface area contributed by atoms with Gasteiger partial charge < -0.3 is 0 Å². The second-order valence-corrected chi connectivity index (χ2v) is 4.86. The van der Waals surface area contributed by atoms with Crippen LogP contribution in [0.4, 0.5) is 0 Å². The number of ketones is 1. The first-order valence-corrected chi connectivity index (χ1v) is 5.99. The number of carbonyl (C=O) groups is 1. The zero-order valence-electron chi connectivity index (χ0n) is 9.57. The summed E-state index contributed by atoms with van der Waals surface area (Å²) in [6.07, 6.45) is 1.74. The van der Waals surface area contributed by atoms with Crippen LogP contribution in [0.5, 0.6) is 0 Å². The summed E-state index contributed by atoms with van der Waals surface area (Å²) in [5.41, 5.74) is 3.61. The monoisotopic (exact) mass is 231 g/mol. The number of rotatable bonds is 2. The molecule has 0 aliphatic carbocycles. The smallest absolute Gasteiger partial charge is 0.221 e. The molecule has 0 spiro atoms. The highest BCUT2D eigenvalue weighted by atomic mass is 32.1. The summed E-state index contributed by atoms with van der Waals surface area (Å²) < 4.78 is 0. The molecule has 0 atom stereocenters. The van der Waals surface area contributed by atoms with E-state index in [1.807, 2.05) is 38.3 Å². The lowest BCUT2D eigenvalue weighted by Crippen LogP contribution is -2.06. The molecule has 0 aliphatic heterocycles. The van der Waals surface area contributed by atoms with E-state index >= 15 is 0 Å². The molecule has 0 N–H and O–H groups in total. The molecule has 0 fully saturated rings. The van der Waals surface area contributed by atoms with Crippen molar-refractivity contribution in [3.05, 3.63) is 51.0 Å². The maximum atomic E-state index is 12.2. The van der Waals surface area contributed by atoms with Crippen LogP contribution in [0.15, 0.2) is 23.7 Å². The Morgan fingerprint density at radius 3 is 2.56 bits per heavy atom. The molecule has 2 aromatic rings. The van der Waals surface area contributed by atoms with E-state index in [2.05, 4.69) is 4.98 Å². The first kappa shape index (κ1) is 11.0. The Kier molecular flexibility index (Phi) is 2.88. The van der Waals surface area contributed by atoms with Crippen LogP contribution >= 0.6 is 11.3 Å². The average Bonchev–Trinajstić information content (AvgIpc) is 2.63. The molecule has 2 nitrogen and oxygen atoms in total. The molecule has 3 heteroatoms. The van der Waals surface area contributed by atoms with Gasteiger partial charge in [0.2, 0.25) is 5.78 Å². The van der Waals surface area contributed by atoms with Gasteiger partial charge in [0.25, 0.3) is 0 Å². The van der Waals surface area contributed by atoms with E-state index in [1.165, 1.54) is 11.3 Å². The second-order valence-electron chi connectivity index (χ2n) is 3.94. The second kappa shape index (κ2) is 4.18. The van der Waals surface area contributed by atoms with Gasteiger partial charge in [-0.3, -0.25) is 9.78 Å². The van der Waals surface area contributed by atoms with E-state index in [9.17, 15) is 4.79 Å². The highest BCUT2D eigenvalue weighted by Crippen LogP contribution is 2.20. The molecule has 0 bridgehead atoms. The van der Waals surface area contributed by atoms with Crippen LogP contribution in [0.1, 0.15) is 32.1 Å². The Bertz CT molecular complexity index is 543. The third-order valence-corrected chi connectivity index (χ3v) is 3.51. The quantitative estimate of drug-likeness (QED) is 0.742. The van der Waals surface area contributed by atoms with Crippen molar-refractivity contribution >= 4 is 17.1 Å². The highest BCUT2D eigenvalue weighted by Gasteiger charge is 2.16. The van der Waals surface area contributed by atoms with Gasteiger partial charge in [0.05, 0.1) is 4.88 Å². The van der Waals surface area contributed by atoms with Crippen molar-refractivity contribution in [2.45, 2.75) is 20.8 Å². The minimum Gasteiger partial charge on any atom is -0.286 e. The summed E-state index contributed by atoms with van der Waals surface area (Å²) in [6.45, 7) is 5.86. The maximum Gasteiger partial charge on any atom is 0.221 e. The molecular formula is C13H13NOS. The number of thiophene rings is 1. The third-order valence-electron chi connectivity index (χ3n) is 2.50. The number of aryl methyl sites for hydroxylation is 3. The Balaban J connectivity index is 2.46. The summed E-state index contributed by atoms with van der Waals surface area (Å²) in [4.78, 5) is 17.2. The first-order chi connectivity index (χ1) is 7.59. The molecule has 16 heavy (non-hydrogen) atoms. The Morgan fingerprint density at radius 1 is 1.25 bits per heavy atom. The van der Waals surface area contributed by atoms with Gasteiger partial charge >= 0.3 is 0 Å². The fourth-order valence-electron chi connectivity index (χ4n) is 1.67. The van der Waals surface area contributed by atoms with Crippen molar-refractivity contribution in [2.75, 3.05) is 0 Å². The zero-order chi connectivity index (χ0) is 11.7. The minimum atomic E-state index is 0.0324. The van der Waals surface area contributed by atoms with Crippen molar-refractivity contribution in [1.29, 1.82) is 0 Å². The molecule has 82 valence electrons. The minimum absolute atomic E-state index is 0.0324. The Morgan fingerprint density at radius 2 is 2.00 bits per heavy atom. The van der Waals surface area contributed by atoms with E-state index in [0.717, 1.165) is 21.6 Å². The van der Waals surface area contributed by atoms with Gasteiger partial charge in [-0.1, -0.05) is 6.07 Å². The summed E-state index contributed by atoms with van der Waals surface area (Å²) in [7, 11) is 0. The van der Waals surface area contributed by atoms with Gasteiger partial charge in [-0.05, 0) is 48.9 Å². The van der Waals surface area contributed by atoms with Crippen LogP contribution in [0.2, 0.25) is 0 Å². The molecular weight excluding hydrogens is 218 g/mol. The molecule has 2 heterocycles. The summed E-state index contributed by atoms with van der Waals surface area (Å²) in [5, 5.41) is 1.94. The van der Waals surface area contributed by atoms with Crippen LogP contribution in [0, 0.1) is 20.8 Å². The van der Waals surface area contributed by atoms with Gasteiger partial charge in [0.15, 0.2) is 0 Å². The zero-order valence-corrected chi connectivity index (χ0v) is 10.4. The van der Waals surface area contributed by atoms with Gasteiger partial charge in [-0.25, -0.2) is 0 Å². The normalized spacial score (nSPS) is 10.4. The lowest BCUT2D eigenvalue weighted by Gasteiger charge is -2.04. The SMILES string of the molecule is Cc1cnc(C(=O)c2sccc2C)c(C)c1. The van der Waals surface area contributed by atoms with Crippen LogP contribution in [-0.2, 0) is 0 Å². The molecule has 0 aromatic carbocycles. The predicted molar refractivity (Wildman–Crippen MR) is 66.2 cm³/mol. The van der Waals surface area contributed by atoms with Crippen LogP contribution in [0.3, 0.4) is 0 Å². The van der Waals surface area contributed by atoms with E-state index in [-0.39, 0.29) is 5.78 Å². The van der Waals surface area contributed by atoms with E-state index in [4.69, 9.17) is 0 Å². The average molecular weight is 231 g/mol. The molecule has 0 unspecified atom stereocenters. The number of nitrogens with zero attached hydrogens (tertiary/aromatic N) is 1. The summed E-state index contributed by atoms with van der Waals surface area (Å²) in [6, 6.07) is 3.95. The Hall–Kier alpha value is -1.48. The van der Waals surface area contributed by atoms with Gasteiger partial charge in [0, 0.05) is 6.20 Å². The largest absolute Gasteiger partial charge is 0.286 e. The van der Waals surface area contributed by atoms with Gasteiger partial charge in [-0.2, -0.15) is 0 Å². The fraction of sp³-hybridized carbons (Fsp3) is 0.231. The molecule has 2 aromatic heterocycles. The van der Waals surface area contributed by atoms with Crippen molar-refractivity contribution in [2.24, 2.45) is 0 Å². The van der Waals surface area contributed by atoms with Gasteiger partial charge in [0.1, 0.15) is 5.69 Å².